The van der Waals surface area contributed by atoms with Crippen molar-refractivity contribution in [3.63, 3.8) is 0 Å². The average Bonchev–Trinajstić information content (AvgIpc) is 2.77. The largest absolute Gasteiger partial charge is 0.347 e. The van der Waals surface area contributed by atoms with Gasteiger partial charge in [0.15, 0.2) is 0 Å². The maximum absolute atomic E-state index is 12.0. The van der Waals surface area contributed by atoms with E-state index in [1.807, 2.05) is 6.07 Å². The van der Waals surface area contributed by atoms with Gasteiger partial charge in [0.2, 0.25) is 11.8 Å². The maximum Gasteiger partial charge on any atom is 0.246 e. The minimum Gasteiger partial charge on any atom is -0.347 e. The molecule has 0 atom stereocenters. The topological polar surface area (TPSA) is 49.4 Å². The van der Waals surface area contributed by atoms with Crippen molar-refractivity contribution in [3.05, 3.63) is 29.3 Å². The minimum absolute atomic E-state index is 0.0289. The molecule has 1 fully saturated rings. The molecule has 0 spiro atoms. The van der Waals surface area contributed by atoms with E-state index in [2.05, 4.69) is 17.4 Å². The summed E-state index contributed by atoms with van der Waals surface area (Å²) in [6.07, 6.45) is 3.82. The summed E-state index contributed by atoms with van der Waals surface area (Å²) >= 11 is 0. The van der Waals surface area contributed by atoms with Crippen LogP contribution in [0.2, 0.25) is 0 Å². The van der Waals surface area contributed by atoms with E-state index in [9.17, 15) is 9.59 Å². The maximum atomic E-state index is 12.0. The molecule has 94 valence electrons. The van der Waals surface area contributed by atoms with E-state index in [0.717, 1.165) is 18.5 Å². The predicted molar refractivity (Wildman–Crippen MR) is 68.4 cm³/mol. The fourth-order valence-electron chi connectivity index (χ4n) is 2.70. The van der Waals surface area contributed by atoms with Gasteiger partial charge in [-0.15, -0.1) is 0 Å². The molecule has 0 unspecified atom stereocenters. The number of hydrogen-bond donors (Lipinski definition) is 1. The number of aryl methyl sites for hydroxylation is 2. The van der Waals surface area contributed by atoms with Crippen LogP contribution < -0.4 is 10.2 Å². The molecule has 4 nitrogen and oxygen atoms in total. The van der Waals surface area contributed by atoms with Crippen LogP contribution in [-0.2, 0) is 22.4 Å². The van der Waals surface area contributed by atoms with Crippen LogP contribution in [0.1, 0.15) is 24.0 Å². The molecule has 1 aliphatic carbocycles. The molecule has 3 rings (SSSR count). The molecule has 2 amide bonds. The molecule has 1 aliphatic heterocycles. The number of carbonyl (C=O) groups excluding carboxylic acids is 2. The van der Waals surface area contributed by atoms with Crippen LogP contribution in [0.4, 0.5) is 5.69 Å². The molecule has 0 radical (unpaired) electrons. The van der Waals surface area contributed by atoms with Crippen LogP contribution in [0.3, 0.4) is 0 Å². The van der Waals surface area contributed by atoms with Gasteiger partial charge < -0.3 is 10.2 Å². The minimum atomic E-state index is -0.0491. The molecule has 2 aliphatic rings. The SMILES string of the molecule is O=C1CCN(c2ccc3c(c2)CCC3)C(=O)CN1. The summed E-state index contributed by atoms with van der Waals surface area (Å²) < 4.78 is 0. The standard InChI is InChI=1S/C14H16N2O2/c17-13-6-7-16(14(18)9-15-13)12-5-4-10-2-1-3-11(10)8-12/h4-5,8H,1-3,6-7,9H2,(H,15,17). The van der Waals surface area contributed by atoms with Gasteiger partial charge in [0.25, 0.3) is 0 Å². The monoisotopic (exact) mass is 244 g/mol. The van der Waals surface area contributed by atoms with Crippen molar-refractivity contribution in [2.75, 3.05) is 18.0 Å². The second-order valence-electron chi connectivity index (χ2n) is 4.88. The van der Waals surface area contributed by atoms with Crippen LogP contribution in [0.15, 0.2) is 18.2 Å². The van der Waals surface area contributed by atoms with Gasteiger partial charge in [-0.3, -0.25) is 9.59 Å². The molecule has 1 saturated heterocycles. The summed E-state index contributed by atoms with van der Waals surface area (Å²) in [6, 6.07) is 6.22. The molecule has 0 saturated carbocycles. The number of carbonyl (C=O) groups is 2. The van der Waals surface area contributed by atoms with Gasteiger partial charge in [0.1, 0.15) is 0 Å². The Morgan fingerprint density at radius 3 is 2.78 bits per heavy atom. The third-order valence-corrected chi connectivity index (χ3v) is 3.69. The first kappa shape index (κ1) is 11.3. The van der Waals surface area contributed by atoms with E-state index in [-0.39, 0.29) is 18.4 Å². The Balaban J connectivity index is 1.89. The zero-order valence-corrected chi connectivity index (χ0v) is 10.2. The lowest BCUT2D eigenvalue weighted by Crippen LogP contribution is -2.35. The lowest BCUT2D eigenvalue weighted by molar-refractivity contribution is -0.123. The van der Waals surface area contributed by atoms with Crippen LogP contribution >= 0.6 is 0 Å². The lowest BCUT2D eigenvalue weighted by Gasteiger charge is -2.20. The summed E-state index contributed by atoms with van der Waals surface area (Å²) in [5, 5.41) is 2.62. The lowest BCUT2D eigenvalue weighted by atomic mass is 10.1. The molecule has 0 aromatic heterocycles. The quantitative estimate of drug-likeness (QED) is 0.802. The van der Waals surface area contributed by atoms with Crippen molar-refractivity contribution in [2.45, 2.75) is 25.7 Å². The summed E-state index contributed by atoms with van der Waals surface area (Å²) in [4.78, 5) is 25.0. The van der Waals surface area contributed by atoms with Gasteiger partial charge in [-0.2, -0.15) is 0 Å². The Kier molecular flexibility index (Phi) is 2.78. The van der Waals surface area contributed by atoms with Crippen LogP contribution in [0.5, 0.6) is 0 Å². The van der Waals surface area contributed by atoms with E-state index in [1.54, 1.807) is 4.90 Å². The van der Waals surface area contributed by atoms with Crippen molar-refractivity contribution in [1.29, 1.82) is 0 Å². The first-order valence-corrected chi connectivity index (χ1v) is 6.43. The van der Waals surface area contributed by atoms with E-state index in [4.69, 9.17) is 0 Å². The summed E-state index contributed by atoms with van der Waals surface area (Å²) in [7, 11) is 0. The van der Waals surface area contributed by atoms with Gasteiger partial charge in [-0.25, -0.2) is 0 Å². The predicted octanol–water partition coefficient (Wildman–Crippen LogP) is 1.03. The molecular weight excluding hydrogens is 228 g/mol. The van der Waals surface area contributed by atoms with Crippen molar-refractivity contribution < 1.29 is 9.59 Å². The zero-order chi connectivity index (χ0) is 12.5. The number of amides is 2. The van der Waals surface area contributed by atoms with E-state index in [0.29, 0.717) is 13.0 Å². The highest BCUT2D eigenvalue weighted by molar-refractivity contribution is 5.98. The van der Waals surface area contributed by atoms with E-state index < -0.39 is 0 Å². The van der Waals surface area contributed by atoms with E-state index >= 15 is 0 Å². The Bertz CT molecular complexity index is 511. The fourth-order valence-corrected chi connectivity index (χ4v) is 2.70. The highest BCUT2D eigenvalue weighted by Crippen LogP contribution is 2.27. The first-order valence-electron chi connectivity index (χ1n) is 6.43. The fraction of sp³-hybridized carbons (Fsp3) is 0.429. The van der Waals surface area contributed by atoms with Gasteiger partial charge in [-0.05, 0) is 42.5 Å². The summed E-state index contributed by atoms with van der Waals surface area (Å²) in [5.74, 6) is -0.0780. The third kappa shape index (κ3) is 1.98. The first-order chi connectivity index (χ1) is 8.74. The summed E-state index contributed by atoms with van der Waals surface area (Å²) in [6.45, 7) is 0.583. The van der Waals surface area contributed by atoms with Crippen molar-refractivity contribution in [1.82, 2.24) is 5.32 Å². The molecule has 1 heterocycles. The second-order valence-corrected chi connectivity index (χ2v) is 4.88. The second kappa shape index (κ2) is 4.44. The third-order valence-electron chi connectivity index (χ3n) is 3.69. The Morgan fingerprint density at radius 1 is 1.06 bits per heavy atom. The Hall–Kier alpha value is -1.84. The van der Waals surface area contributed by atoms with Crippen molar-refractivity contribution >= 4 is 17.5 Å². The average molecular weight is 244 g/mol. The van der Waals surface area contributed by atoms with Crippen LogP contribution in [0, 0.1) is 0 Å². The van der Waals surface area contributed by atoms with Crippen molar-refractivity contribution in [2.24, 2.45) is 0 Å². The molecule has 18 heavy (non-hydrogen) atoms. The highest BCUT2D eigenvalue weighted by atomic mass is 16.2. The highest BCUT2D eigenvalue weighted by Gasteiger charge is 2.22. The molecular formula is C14H16N2O2. The smallest absolute Gasteiger partial charge is 0.246 e. The number of rotatable bonds is 1. The van der Waals surface area contributed by atoms with Gasteiger partial charge >= 0.3 is 0 Å². The molecule has 4 heteroatoms. The normalized spacial score (nSPS) is 19.4. The zero-order valence-electron chi connectivity index (χ0n) is 10.2. The molecule has 1 aromatic carbocycles. The van der Waals surface area contributed by atoms with Gasteiger partial charge in [0.05, 0.1) is 6.54 Å². The number of nitrogens with zero attached hydrogens (tertiary/aromatic N) is 1. The number of hydrogen-bond acceptors (Lipinski definition) is 2. The number of fused-ring (bicyclic) bond motifs is 1. The Labute approximate surface area is 106 Å². The molecule has 1 aromatic rings. The molecule has 0 bridgehead atoms. The Morgan fingerprint density at radius 2 is 1.89 bits per heavy atom. The number of nitrogens with one attached hydrogen (secondary N) is 1. The van der Waals surface area contributed by atoms with Crippen molar-refractivity contribution in [3.8, 4) is 0 Å². The number of benzene rings is 1. The molecule has 1 N–H and O–H groups in total. The van der Waals surface area contributed by atoms with E-state index in [1.165, 1.54) is 17.5 Å². The van der Waals surface area contributed by atoms with Gasteiger partial charge in [0, 0.05) is 18.7 Å². The van der Waals surface area contributed by atoms with Crippen LogP contribution in [-0.4, -0.2) is 24.9 Å². The number of anilines is 1. The van der Waals surface area contributed by atoms with Gasteiger partial charge in [-0.1, -0.05) is 6.07 Å². The van der Waals surface area contributed by atoms with Crippen LogP contribution in [0.25, 0.3) is 0 Å². The summed E-state index contributed by atoms with van der Waals surface area (Å²) in [5.41, 5.74) is 3.68.